The minimum absolute atomic E-state index is 0.0709. The summed E-state index contributed by atoms with van der Waals surface area (Å²) in [5.74, 6) is -0.709. The Kier molecular flexibility index (Phi) is 1.33. The van der Waals surface area contributed by atoms with Crippen molar-refractivity contribution in [1.29, 1.82) is 0 Å². The number of ether oxygens (including phenoxy) is 1. The number of cyclic esters (lactones) is 2. The largest absolute Gasteiger partial charge is 0.393 e. The number of rotatable bonds is 1. The Bertz CT molecular complexity index is 358. The monoisotopic (exact) mass is 192 g/mol. The van der Waals surface area contributed by atoms with Gasteiger partial charge in [0.05, 0.1) is 11.8 Å². The standard InChI is InChI=1S/C11H12O3/c1-2-11-4-3-6(5-11)7-8(11)10(13)14-9(7)12/h3-4,6-8H,2,5H2,1H3. The molecule has 4 unspecified atom stereocenters. The summed E-state index contributed by atoms with van der Waals surface area (Å²) >= 11 is 0. The van der Waals surface area contributed by atoms with Gasteiger partial charge >= 0.3 is 11.9 Å². The molecular formula is C11H12O3. The molecule has 0 aromatic heterocycles. The Morgan fingerprint density at radius 1 is 1.50 bits per heavy atom. The maximum absolute atomic E-state index is 11.5. The van der Waals surface area contributed by atoms with Crippen LogP contribution in [0.4, 0.5) is 0 Å². The van der Waals surface area contributed by atoms with E-state index < -0.39 is 0 Å². The third-order valence-electron chi connectivity index (χ3n) is 4.12. The normalized spacial score (nSPS) is 48.5. The van der Waals surface area contributed by atoms with E-state index >= 15 is 0 Å². The number of esters is 2. The third kappa shape index (κ3) is 0.703. The highest BCUT2D eigenvalue weighted by atomic mass is 16.6. The van der Waals surface area contributed by atoms with E-state index in [9.17, 15) is 9.59 Å². The van der Waals surface area contributed by atoms with Crippen molar-refractivity contribution in [3.05, 3.63) is 12.2 Å². The van der Waals surface area contributed by atoms with Gasteiger partial charge < -0.3 is 4.74 Å². The quantitative estimate of drug-likeness (QED) is 0.357. The van der Waals surface area contributed by atoms with Gasteiger partial charge in [-0.05, 0) is 18.8 Å². The van der Waals surface area contributed by atoms with E-state index in [1.54, 1.807) is 0 Å². The number of carbonyl (C=O) groups excluding carboxylic acids is 2. The van der Waals surface area contributed by atoms with Gasteiger partial charge in [0, 0.05) is 5.41 Å². The molecule has 14 heavy (non-hydrogen) atoms. The zero-order valence-corrected chi connectivity index (χ0v) is 8.03. The van der Waals surface area contributed by atoms with Crippen LogP contribution in [0.3, 0.4) is 0 Å². The van der Waals surface area contributed by atoms with Crippen LogP contribution in [0.25, 0.3) is 0 Å². The number of carbonyl (C=O) groups is 2. The minimum atomic E-state index is -0.301. The van der Waals surface area contributed by atoms with Crippen molar-refractivity contribution in [2.45, 2.75) is 19.8 Å². The molecule has 0 aromatic rings. The molecule has 2 aliphatic carbocycles. The van der Waals surface area contributed by atoms with Crippen LogP contribution < -0.4 is 0 Å². The predicted molar refractivity (Wildman–Crippen MR) is 48.1 cm³/mol. The van der Waals surface area contributed by atoms with E-state index in [4.69, 9.17) is 4.74 Å². The molecule has 1 aliphatic heterocycles. The van der Waals surface area contributed by atoms with Gasteiger partial charge in [0.25, 0.3) is 0 Å². The van der Waals surface area contributed by atoms with Crippen LogP contribution in [-0.2, 0) is 14.3 Å². The summed E-state index contributed by atoms with van der Waals surface area (Å²) < 4.78 is 4.72. The lowest BCUT2D eigenvalue weighted by molar-refractivity contribution is -0.155. The molecule has 3 aliphatic rings. The van der Waals surface area contributed by atoms with Gasteiger partial charge in [-0.2, -0.15) is 0 Å². The Morgan fingerprint density at radius 3 is 3.00 bits per heavy atom. The second kappa shape index (κ2) is 2.27. The van der Waals surface area contributed by atoms with Crippen molar-refractivity contribution in [2.75, 3.05) is 0 Å². The highest BCUT2D eigenvalue weighted by Crippen LogP contribution is 2.60. The van der Waals surface area contributed by atoms with Gasteiger partial charge in [0.2, 0.25) is 0 Å². The first-order valence-corrected chi connectivity index (χ1v) is 5.13. The molecule has 2 bridgehead atoms. The van der Waals surface area contributed by atoms with Crippen molar-refractivity contribution in [1.82, 2.24) is 0 Å². The van der Waals surface area contributed by atoms with E-state index in [1.807, 2.05) is 0 Å². The van der Waals surface area contributed by atoms with E-state index in [0.29, 0.717) is 0 Å². The molecule has 74 valence electrons. The van der Waals surface area contributed by atoms with Gasteiger partial charge in [0.15, 0.2) is 0 Å². The highest BCUT2D eigenvalue weighted by Gasteiger charge is 2.64. The van der Waals surface area contributed by atoms with Crippen LogP contribution >= 0.6 is 0 Å². The van der Waals surface area contributed by atoms with Crippen LogP contribution in [0.5, 0.6) is 0 Å². The fourth-order valence-electron chi connectivity index (χ4n) is 3.38. The molecule has 1 saturated carbocycles. The lowest BCUT2D eigenvalue weighted by Crippen LogP contribution is -2.30. The van der Waals surface area contributed by atoms with E-state index in [1.165, 1.54) is 0 Å². The molecule has 4 atom stereocenters. The molecule has 0 amide bonds. The van der Waals surface area contributed by atoms with Crippen molar-refractivity contribution in [2.24, 2.45) is 23.2 Å². The summed E-state index contributed by atoms with van der Waals surface area (Å²) in [5, 5.41) is 0. The Balaban J connectivity index is 2.10. The van der Waals surface area contributed by atoms with Crippen LogP contribution in [0.2, 0.25) is 0 Å². The summed E-state index contributed by atoms with van der Waals surface area (Å²) in [7, 11) is 0. The molecule has 0 spiro atoms. The third-order valence-corrected chi connectivity index (χ3v) is 4.12. The lowest BCUT2D eigenvalue weighted by Gasteiger charge is -2.27. The molecule has 0 aromatic carbocycles. The first-order chi connectivity index (χ1) is 6.68. The van der Waals surface area contributed by atoms with Crippen molar-refractivity contribution in [3.63, 3.8) is 0 Å². The second-order valence-electron chi connectivity index (χ2n) is 4.56. The molecule has 2 fully saturated rings. The van der Waals surface area contributed by atoms with Crippen molar-refractivity contribution < 1.29 is 14.3 Å². The topological polar surface area (TPSA) is 43.4 Å². The molecule has 3 rings (SSSR count). The zero-order valence-electron chi connectivity index (χ0n) is 8.03. The van der Waals surface area contributed by atoms with Crippen LogP contribution in [0.15, 0.2) is 12.2 Å². The summed E-state index contributed by atoms with van der Waals surface area (Å²) in [6.07, 6.45) is 6.09. The van der Waals surface area contributed by atoms with Crippen molar-refractivity contribution >= 4 is 11.9 Å². The van der Waals surface area contributed by atoms with Gasteiger partial charge in [-0.25, -0.2) is 0 Å². The van der Waals surface area contributed by atoms with Crippen LogP contribution in [0.1, 0.15) is 19.8 Å². The summed E-state index contributed by atoms with van der Waals surface area (Å²) in [6, 6.07) is 0. The zero-order chi connectivity index (χ0) is 9.92. The Morgan fingerprint density at radius 2 is 2.29 bits per heavy atom. The summed E-state index contributed by atoms with van der Waals surface area (Å²) in [5.41, 5.74) is -0.0709. The number of allylic oxidation sites excluding steroid dienone is 2. The fourth-order valence-corrected chi connectivity index (χ4v) is 3.38. The van der Waals surface area contributed by atoms with Gasteiger partial charge in [-0.1, -0.05) is 19.1 Å². The van der Waals surface area contributed by atoms with Crippen molar-refractivity contribution in [3.8, 4) is 0 Å². The summed E-state index contributed by atoms with van der Waals surface area (Å²) in [4.78, 5) is 23.0. The lowest BCUT2D eigenvalue weighted by atomic mass is 9.73. The molecule has 0 radical (unpaired) electrons. The van der Waals surface area contributed by atoms with E-state index in [2.05, 4.69) is 19.1 Å². The molecule has 0 N–H and O–H groups in total. The van der Waals surface area contributed by atoms with Gasteiger partial charge in [-0.15, -0.1) is 0 Å². The van der Waals surface area contributed by atoms with Gasteiger partial charge in [-0.3, -0.25) is 9.59 Å². The smallest absolute Gasteiger partial charge is 0.318 e. The average Bonchev–Trinajstić information content (AvgIpc) is 2.78. The fraction of sp³-hybridized carbons (Fsp3) is 0.636. The van der Waals surface area contributed by atoms with E-state index in [0.717, 1.165) is 12.8 Å². The molecule has 1 heterocycles. The Labute approximate surface area is 82.1 Å². The van der Waals surface area contributed by atoms with Crippen LogP contribution in [-0.4, -0.2) is 11.9 Å². The molecule has 3 heteroatoms. The maximum atomic E-state index is 11.5. The highest BCUT2D eigenvalue weighted by molar-refractivity contribution is 5.98. The van der Waals surface area contributed by atoms with Crippen LogP contribution in [0, 0.1) is 23.2 Å². The first-order valence-electron chi connectivity index (χ1n) is 5.13. The Hall–Kier alpha value is -1.12. The number of fused-ring (bicyclic) bond motifs is 5. The number of hydrogen-bond donors (Lipinski definition) is 0. The van der Waals surface area contributed by atoms with E-state index in [-0.39, 0.29) is 35.1 Å². The summed E-state index contributed by atoms with van der Waals surface area (Å²) in [6.45, 7) is 2.07. The molecular weight excluding hydrogens is 180 g/mol. The maximum Gasteiger partial charge on any atom is 0.318 e. The SMILES string of the molecule is CCC12C=CC(C1)C1C(=O)OC(=O)C12. The van der Waals surface area contributed by atoms with Gasteiger partial charge in [0.1, 0.15) is 0 Å². The minimum Gasteiger partial charge on any atom is -0.393 e. The first kappa shape index (κ1) is 8.21. The second-order valence-corrected chi connectivity index (χ2v) is 4.56. The average molecular weight is 192 g/mol. The molecule has 3 nitrogen and oxygen atoms in total. The predicted octanol–water partition coefficient (Wildman–Crippen LogP) is 1.29. The molecule has 1 saturated heterocycles. The number of hydrogen-bond acceptors (Lipinski definition) is 3.